The summed E-state index contributed by atoms with van der Waals surface area (Å²) < 4.78 is 16.9. The first-order chi connectivity index (χ1) is 16.6. The molecule has 2 amide bonds. The van der Waals surface area contributed by atoms with Gasteiger partial charge < -0.3 is 24.4 Å². The standard InChI is InChI=1S/C27H26N2O5/c1-18-5-2-3-6-19(18)16-29-12-11-21-22(27(29)31)7-4-8-23(21)34-17-26(30)28-20-9-10-24-25(15-20)33-14-13-32-24/h2-10,15H,11-14,16-17H2,1H3,(H,28,30). The predicted molar refractivity (Wildman–Crippen MR) is 128 cm³/mol. The molecule has 0 unspecified atom stereocenters. The van der Waals surface area contributed by atoms with Gasteiger partial charge in [0.05, 0.1) is 0 Å². The number of nitrogens with zero attached hydrogens (tertiary/aromatic N) is 1. The first kappa shape index (κ1) is 21.8. The second-order valence-corrected chi connectivity index (χ2v) is 8.38. The highest BCUT2D eigenvalue weighted by molar-refractivity contribution is 5.97. The molecule has 2 aliphatic heterocycles. The molecule has 0 radical (unpaired) electrons. The number of carbonyl (C=O) groups excluding carboxylic acids is 2. The van der Waals surface area contributed by atoms with Crippen LogP contribution < -0.4 is 19.5 Å². The molecule has 5 rings (SSSR count). The minimum atomic E-state index is -0.294. The molecule has 3 aromatic carbocycles. The Hall–Kier alpha value is -4.00. The number of aryl methyl sites for hydroxylation is 1. The molecule has 0 saturated heterocycles. The Balaban J connectivity index is 1.23. The number of anilines is 1. The summed E-state index contributed by atoms with van der Waals surface area (Å²) in [5.74, 6) is 1.53. The van der Waals surface area contributed by atoms with Crippen LogP contribution in [0.15, 0.2) is 60.7 Å². The third-order valence-electron chi connectivity index (χ3n) is 6.09. The number of rotatable bonds is 6. The van der Waals surface area contributed by atoms with Crippen LogP contribution in [0, 0.1) is 6.92 Å². The zero-order chi connectivity index (χ0) is 23.5. The van der Waals surface area contributed by atoms with E-state index in [9.17, 15) is 9.59 Å². The highest BCUT2D eigenvalue weighted by Gasteiger charge is 2.27. The number of fused-ring (bicyclic) bond motifs is 2. The molecule has 0 aromatic heterocycles. The second kappa shape index (κ2) is 9.47. The summed E-state index contributed by atoms with van der Waals surface area (Å²) in [7, 11) is 0. The Bertz CT molecular complexity index is 1240. The summed E-state index contributed by atoms with van der Waals surface area (Å²) in [6.07, 6.45) is 0.674. The van der Waals surface area contributed by atoms with Crippen molar-refractivity contribution < 1.29 is 23.8 Å². The highest BCUT2D eigenvalue weighted by atomic mass is 16.6. The predicted octanol–water partition coefficient (Wildman–Crippen LogP) is 3.98. The van der Waals surface area contributed by atoms with E-state index in [-0.39, 0.29) is 18.4 Å². The smallest absolute Gasteiger partial charge is 0.262 e. The van der Waals surface area contributed by atoms with Gasteiger partial charge in [-0.1, -0.05) is 30.3 Å². The van der Waals surface area contributed by atoms with E-state index in [2.05, 4.69) is 24.4 Å². The fraction of sp³-hybridized carbons (Fsp3) is 0.259. The number of amides is 2. The molecule has 0 atom stereocenters. The Morgan fingerprint density at radius 2 is 1.85 bits per heavy atom. The van der Waals surface area contributed by atoms with Crippen LogP contribution in [0.5, 0.6) is 17.2 Å². The largest absolute Gasteiger partial charge is 0.486 e. The van der Waals surface area contributed by atoms with Gasteiger partial charge in [0.25, 0.3) is 11.8 Å². The number of ether oxygens (including phenoxy) is 3. The summed E-state index contributed by atoms with van der Waals surface area (Å²) in [6.45, 7) is 4.07. The Morgan fingerprint density at radius 1 is 1.03 bits per heavy atom. The van der Waals surface area contributed by atoms with Crippen molar-refractivity contribution >= 4 is 17.5 Å². The molecule has 3 aromatic rings. The summed E-state index contributed by atoms with van der Waals surface area (Å²) in [6, 6.07) is 18.8. The van der Waals surface area contributed by atoms with Crippen molar-refractivity contribution in [3.8, 4) is 17.2 Å². The molecule has 0 saturated carbocycles. The van der Waals surface area contributed by atoms with Gasteiger partial charge in [-0.15, -0.1) is 0 Å². The van der Waals surface area contributed by atoms with Gasteiger partial charge in [-0.3, -0.25) is 9.59 Å². The molecule has 0 fully saturated rings. The molecular weight excluding hydrogens is 432 g/mol. The molecule has 1 N–H and O–H groups in total. The Morgan fingerprint density at radius 3 is 2.71 bits per heavy atom. The van der Waals surface area contributed by atoms with Crippen molar-refractivity contribution in [3.05, 3.63) is 82.9 Å². The van der Waals surface area contributed by atoms with E-state index in [1.165, 1.54) is 5.56 Å². The molecule has 34 heavy (non-hydrogen) atoms. The van der Waals surface area contributed by atoms with Crippen molar-refractivity contribution in [2.24, 2.45) is 0 Å². The maximum absolute atomic E-state index is 13.2. The lowest BCUT2D eigenvalue weighted by Gasteiger charge is -2.30. The van der Waals surface area contributed by atoms with Crippen LogP contribution in [-0.2, 0) is 17.8 Å². The molecule has 7 heteroatoms. The van der Waals surface area contributed by atoms with Crippen LogP contribution >= 0.6 is 0 Å². The number of hydrogen-bond donors (Lipinski definition) is 1. The van der Waals surface area contributed by atoms with Gasteiger partial charge in [-0.2, -0.15) is 0 Å². The molecule has 2 heterocycles. The van der Waals surface area contributed by atoms with E-state index < -0.39 is 0 Å². The second-order valence-electron chi connectivity index (χ2n) is 8.38. The minimum Gasteiger partial charge on any atom is -0.486 e. The van der Waals surface area contributed by atoms with Crippen LogP contribution in [0.4, 0.5) is 5.69 Å². The van der Waals surface area contributed by atoms with Crippen LogP contribution in [0.3, 0.4) is 0 Å². The van der Waals surface area contributed by atoms with Gasteiger partial charge in [-0.25, -0.2) is 0 Å². The Labute approximate surface area is 198 Å². The Kier molecular flexibility index (Phi) is 6.08. The van der Waals surface area contributed by atoms with Crippen molar-refractivity contribution in [1.29, 1.82) is 0 Å². The topological polar surface area (TPSA) is 77.1 Å². The summed E-state index contributed by atoms with van der Waals surface area (Å²) in [5.41, 5.74) is 4.39. The van der Waals surface area contributed by atoms with E-state index in [1.807, 2.05) is 23.1 Å². The van der Waals surface area contributed by atoms with Crippen LogP contribution in [0.25, 0.3) is 0 Å². The third-order valence-corrected chi connectivity index (χ3v) is 6.09. The van der Waals surface area contributed by atoms with E-state index in [1.54, 1.807) is 30.3 Å². The van der Waals surface area contributed by atoms with E-state index in [0.29, 0.717) is 61.2 Å². The molecular formula is C27H26N2O5. The molecule has 0 spiro atoms. The van der Waals surface area contributed by atoms with Crippen molar-refractivity contribution in [2.45, 2.75) is 19.9 Å². The average Bonchev–Trinajstić information content (AvgIpc) is 2.85. The van der Waals surface area contributed by atoms with Gasteiger partial charge in [0.2, 0.25) is 0 Å². The van der Waals surface area contributed by atoms with E-state index in [4.69, 9.17) is 14.2 Å². The quantitative estimate of drug-likeness (QED) is 0.605. The maximum Gasteiger partial charge on any atom is 0.262 e. The fourth-order valence-electron chi connectivity index (χ4n) is 4.28. The number of hydrogen-bond acceptors (Lipinski definition) is 5. The van der Waals surface area contributed by atoms with E-state index >= 15 is 0 Å². The van der Waals surface area contributed by atoms with Crippen LogP contribution in [0.1, 0.15) is 27.0 Å². The molecule has 2 aliphatic rings. The van der Waals surface area contributed by atoms with Crippen molar-refractivity contribution in [1.82, 2.24) is 4.90 Å². The zero-order valence-corrected chi connectivity index (χ0v) is 19.0. The van der Waals surface area contributed by atoms with Crippen molar-refractivity contribution in [3.63, 3.8) is 0 Å². The monoisotopic (exact) mass is 458 g/mol. The molecule has 0 aliphatic carbocycles. The van der Waals surface area contributed by atoms with Gasteiger partial charge in [-0.05, 0) is 48.7 Å². The molecule has 174 valence electrons. The number of nitrogens with one attached hydrogen (secondary N) is 1. The normalized spacial score (nSPS) is 14.4. The lowest BCUT2D eigenvalue weighted by molar-refractivity contribution is -0.118. The number of benzene rings is 3. The maximum atomic E-state index is 13.2. The third kappa shape index (κ3) is 4.55. The van der Waals surface area contributed by atoms with Gasteiger partial charge in [0.15, 0.2) is 18.1 Å². The van der Waals surface area contributed by atoms with Gasteiger partial charge in [0, 0.05) is 36.0 Å². The van der Waals surface area contributed by atoms with Crippen LogP contribution in [0.2, 0.25) is 0 Å². The zero-order valence-electron chi connectivity index (χ0n) is 19.0. The lowest BCUT2D eigenvalue weighted by Crippen LogP contribution is -2.37. The first-order valence-corrected chi connectivity index (χ1v) is 11.4. The van der Waals surface area contributed by atoms with E-state index in [0.717, 1.165) is 11.1 Å². The summed E-state index contributed by atoms with van der Waals surface area (Å²) >= 11 is 0. The fourth-order valence-corrected chi connectivity index (χ4v) is 4.28. The SMILES string of the molecule is Cc1ccccc1CN1CCc2c(OCC(=O)Nc3ccc4c(c3)OCCO4)cccc2C1=O. The highest BCUT2D eigenvalue weighted by Crippen LogP contribution is 2.33. The van der Waals surface area contributed by atoms with Gasteiger partial charge in [0.1, 0.15) is 19.0 Å². The molecule has 0 bridgehead atoms. The summed E-state index contributed by atoms with van der Waals surface area (Å²) in [4.78, 5) is 27.5. The van der Waals surface area contributed by atoms with Gasteiger partial charge >= 0.3 is 0 Å². The first-order valence-electron chi connectivity index (χ1n) is 11.4. The summed E-state index contributed by atoms with van der Waals surface area (Å²) in [5, 5.41) is 2.82. The van der Waals surface area contributed by atoms with Crippen molar-refractivity contribution in [2.75, 3.05) is 31.7 Å². The average molecular weight is 459 g/mol. The van der Waals surface area contributed by atoms with Crippen LogP contribution in [-0.4, -0.2) is 43.1 Å². The molecule has 7 nitrogen and oxygen atoms in total. The number of carbonyl (C=O) groups is 2. The lowest BCUT2D eigenvalue weighted by atomic mass is 9.97. The minimum absolute atomic E-state index is 0.0179.